The van der Waals surface area contributed by atoms with Crippen molar-refractivity contribution in [2.45, 2.75) is 78.1 Å². The van der Waals surface area contributed by atoms with Gasteiger partial charge < -0.3 is 19.9 Å². The summed E-state index contributed by atoms with van der Waals surface area (Å²) in [6, 6.07) is 4.52. The summed E-state index contributed by atoms with van der Waals surface area (Å²) in [5.74, 6) is -3.64. The van der Waals surface area contributed by atoms with Gasteiger partial charge in [-0.1, -0.05) is 26.0 Å². The highest BCUT2D eigenvalue weighted by molar-refractivity contribution is 5.98. The van der Waals surface area contributed by atoms with Crippen LogP contribution in [0.25, 0.3) is 11.1 Å². The number of anilines is 1. The maximum Gasteiger partial charge on any atom is 0.417 e. The Hall–Kier alpha value is -4.22. The number of benzene rings is 2. The summed E-state index contributed by atoms with van der Waals surface area (Å²) >= 11 is 0. The number of ketones is 1. The van der Waals surface area contributed by atoms with E-state index in [9.17, 15) is 36.3 Å². The van der Waals surface area contributed by atoms with Gasteiger partial charge >= 0.3 is 6.18 Å². The highest BCUT2D eigenvalue weighted by Crippen LogP contribution is 2.43. The third-order valence-corrected chi connectivity index (χ3v) is 8.18. The number of Topliss-reactive ketones (excluding diaryl/α,β-unsaturated/α-hetero) is 1. The van der Waals surface area contributed by atoms with Crippen LogP contribution in [0.15, 0.2) is 35.1 Å². The van der Waals surface area contributed by atoms with Crippen molar-refractivity contribution in [3.05, 3.63) is 80.3 Å². The number of amides is 1. The molecule has 2 aromatic carbocycles. The van der Waals surface area contributed by atoms with Gasteiger partial charge in [-0.15, -0.1) is 0 Å². The van der Waals surface area contributed by atoms with Crippen LogP contribution in [0.1, 0.15) is 72.8 Å². The zero-order valence-electron chi connectivity index (χ0n) is 25.8. The fourth-order valence-corrected chi connectivity index (χ4v) is 5.43. The molecule has 1 aliphatic heterocycles. The van der Waals surface area contributed by atoms with Crippen LogP contribution in [0.4, 0.5) is 27.6 Å². The number of ether oxygens (including phenoxy) is 1. The van der Waals surface area contributed by atoms with Gasteiger partial charge in [-0.25, -0.2) is 8.78 Å². The number of rotatable bonds is 10. The maximum atomic E-state index is 15.0. The first-order valence-electron chi connectivity index (χ1n) is 14.8. The molecule has 7 nitrogen and oxygen atoms in total. The molecule has 1 aliphatic rings. The first-order valence-corrected chi connectivity index (χ1v) is 14.8. The molecule has 2 heterocycles. The molecule has 242 valence electrons. The minimum Gasteiger partial charge on any atom is -0.493 e. The molecule has 45 heavy (non-hydrogen) atoms. The summed E-state index contributed by atoms with van der Waals surface area (Å²) in [4.78, 5) is 39.3. The number of aryl methyl sites for hydroxylation is 1. The lowest BCUT2D eigenvalue weighted by Gasteiger charge is -2.26. The summed E-state index contributed by atoms with van der Waals surface area (Å²) in [5, 5.41) is 5.40. The SMILES string of the molecule is CCC(=O)[C@H](Cc1ccc(-c2c(C(F)(F)F)cc(C)n(C)c2=O)c2c1CCCO2)NC(=O)c1c(F)cc(N[C@@H](C)CC)cc1F. The van der Waals surface area contributed by atoms with Crippen LogP contribution in [-0.2, 0) is 30.9 Å². The second-order valence-electron chi connectivity index (χ2n) is 11.3. The molecule has 2 atom stereocenters. The Morgan fingerprint density at radius 1 is 1.09 bits per heavy atom. The fraction of sp³-hybridized carbons (Fsp3) is 0.424. The number of carbonyl (C=O) groups is 2. The van der Waals surface area contributed by atoms with E-state index in [0.717, 1.165) is 22.8 Å². The Morgan fingerprint density at radius 2 is 1.76 bits per heavy atom. The molecule has 1 amide bonds. The van der Waals surface area contributed by atoms with Crippen molar-refractivity contribution in [2.75, 3.05) is 11.9 Å². The van der Waals surface area contributed by atoms with Crippen LogP contribution in [0.5, 0.6) is 5.75 Å². The van der Waals surface area contributed by atoms with E-state index in [1.54, 1.807) is 6.92 Å². The molecular weight excluding hydrogens is 597 g/mol. The van der Waals surface area contributed by atoms with Crippen LogP contribution in [-0.4, -0.2) is 34.9 Å². The number of alkyl halides is 3. The molecule has 12 heteroatoms. The van der Waals surface area contributed by atoms with Crippen molar-refractivity contribution in [1.29, 1.82) is 0 Å². The minimum absolute atomic E-state index is 0.00119. The number of hydrogen-bond acceptors (Lipinski definition) is 5. The normalized spacial score (nSPS) is 14.3. The Balaban J connectivity index is 1.73. The Kier molecular flexibility index (Phi) is 10.0. The lowest BCUT2D eigenvalue weighted by Crippen LogP contribution is -2.43. The van der Waals surface area contributed by atoms with Gasteiger partial charge in [-0.2, -0.15) is 13.2 Å². The van der Waals surface area contributed by atoms with Crippen LogP contribution < -0.4 is 20.9 Å². The number of hydrogen-bond donors (Lipinski definition) is 2. The van der Waals surface area contributed by atoms with Crippen molar-refractivity contribution >= 4 is 17.4 Å². The highest BCUT2D eigenvalue weighted by Gasteiger charge is 2.38. The second kappa shape index (κ2) is 13.4. The van der Waals surface area contributed by atoms with Crippen LogP contribution >= 0.6 is 0 Å². The molecular formula is C33H36F5N3O4. The van der Waals surface area contributed by atoms with E-state index in [2.05, 4.69) is 10.6 Å². The van der Waals surface area contributed by atoms with Crippen molar-refractivity contribution in [3.8, 4) is 16.9 Å². The molecule has 2 N–H and O–H groups in total. The molecule has 0 saturated carbocycles. The molecule has 0 unspecified atom stereocenters. The number of nitrogens with zero attached hydrogens (tertiary/aromatic N) is 1. The van der Waals surface area contributed by atoms with E-state index in [1.807, 2.05) is 13.8 Å². The van der Waals surface area contributed by atoms with Crippen molar-refractivity contribution < 1.29 is 36.3 Å². The minimum atomic E-state index is -4.82. The summed E-state index contributed by atoms with van der Waals surface area (Å²) < 4.78 is 79.3. The number of pyridine rings is 1. The first kappa shape index (κ1) is 33.7. The molecule has 0 radical (unpaired) electrons. The van der Waals surface area contributed by atoms with Gasteiger partial charge in [0.15, 0.2) is 5.78 Å². The topological polar surface area (TPSA) is 89.4 Å². The Labute approximate surface area is 257 Å². The average molecular weight is 634 g/mol. The zero-order chi connectivity index (χ0) is 33.2. The smallest absolute Gasteiger partial charge is 0.417 e. The first-order chi connectivity index (χ1) is 21.2. The molecule has 0 saturated heterocycles. The van der Waals surface area contributed by atoms with Crippen molar-refractivity contribution in [2.24, 2.45) is 7.05 Å². The van der Waals surface area contributed by atoms with Gasteiger partial charge in [-0.3, -0.25) is 14.4 Å². The third kappa shape index (κ3) is 7.04. The predicted octanol–water partition coefficient (Wildman–Crippen LogP) is 6.51. The van der Waals surface area contributed by atoms with E-state index >= 15 is 0 Å². The van der Waals surface area contributed by atoms with E-state index in [-0.39, 0.29) is 48.2 Å². The Bertz CT molecular complexity index is 1660. The lowest BCUT2D eigenvalue weighted by molar-refractivity contribution is -0.137. The average Bonchev–Trinajstić information content (AvgIpc) is 2.98. The molecule has 0 fully saturated rings. The van der Waals surface area contributed by atoms with E-state index in [1.165, 1.54) is 26.1 Å². The van der Waals surface area contributed by atoms with E-state index in [4.69, 9.17) is 4.74 Å². The van der Waals surface area contributed by atoms with Gasteiger partial charge in [-0.05, 0) is 62.4 Å². The Morgan fingerprint density at radius 3 is 2.36 bits per heavy atom. The maximum absolute atomic E-state index is 15.0. The van der Waals surface area contributed by atoms with Crippen LogP contribution in [0.3, 0.4) is 0 Å². The van der Waals surface area contributed by atoms with Crippen LogP contribution in [0, 0.1) is 18.6 Å². The van der Waals surface area contributed by atoms with Gasteiger partial charge in [0.05, 0.1) is 23.8 Å². The number of nitrogens with one attached hydrogen (secondary N) is 2. The second-order valence-corrected chi connectivity index (χ2v) is 11.3. The van der Waals surface area contributed by atoms with Gasteiger partial charge in [0.2, 0.25) is 0 Å². The molecule has 0 aliphatic carbocycles. The number of halogens is 5. The lowest BCUT2D eigenvalue weighted by atomic mass is 9.88. The summed E-state index contributed by atoms with van der Waals surface area (Å²) in [6.07, 6.45) is -3.33. The number of aromatic nitrogens is 1. The van der Waals surface area contributed by atoms with Gasteiger partial charge in [0.1, 0.15) is 22.9 Å². The van der Waals surface area contributed by atoms with E-state index in [0.29, 0.717) is 30.4 Å². The standard InChI is InChI=1S/C33H36F5N3O4/c1-6-17(3)39-20-15-24(34)29(25(35)16-20)31(43)40-26(27(42)7-2)14-19-10-11-22(30-21(19)9-8-12-45-30)28-23(33(36,37)38)13-18(4)41(5)32(28)44/h10-11,13,15-17,26,39H,6-9,12,14H2,1-5H3,(H,40,43)/t17-,26-/m0/s1. The van der Waals surface area contributed by atoms with Gasteiger partial charge in [0.25, 0.3) is 11.5 Å². The van der Waals surface area contributed by atoms with Gasteiger partial charge in [0, 0.05) is 42.9 Å². The van der Waals surface area contributed by atoms with E-state index < -0.39 is 57.8 Å². The molecule has 1 aromatic heterocycles. The predicted molar refractivity (Wildman–Crippen MR) is 161 cm³/mol. The fourth-order valence-electron chi connectivity index (χ4n) is 5.43. The largest absolute Gasteiger partial charge is 0.493 e. The zero-order valence-corrected chi connectivity index (χ0v) is 25.8. The summed E-state index contributed by atoms with van der Waals surface area (Å²) in [7, 11) is 1.38. The molecule has 4 rings (SSSR count). The number of fused-ring (bicyclic) bond motifs is 1. The molecule has 3 aromatic rings. The summed E-state index contributed by atoms with van der Waals surface area (Å²) in [5.41, 5.74) is -2.06. The molecule has 0 bridgehead atoms. The monoisotopic (exact) mass is 633 g/mol. The molecule has 0 spiro atoms. The van der Waals surface area contributed by atoms with Crippen molar-refractivity contribution in [3.63, 3.8) is 0 Å². The van der Waals surface area contributed by atoms with Crippen molar-refractivity contribution in [1.82, 2.24) is 9.88 Å². The quantitative estimate of drug-likeness (QED) is 0.249. The van der Waals surface area contributed by atoms with Crippen LogP contribution in [0.2, 0.25) is 0 Å². The highest BCUT2D eigenvalue weighted by atomic mass is 19.4. The third-order valence-electron chi connectivity index (χ3n) is 8.18. The number of carbonyl (C=O) groups excluding carboxylic acids is 2. The summed E-state index contributed by atoms with van der Waals surface area (Å²) in [6.45, 7) is 6.92.